The fourth-order valence-corrected chi connectivity index (χ4v) is 5.87. The number of ether oxygens (including phenoxy) is 2. The largest absolute Gasteiger partial charge is 0.487 e. The van der Waals surface area contributed by atoms with Crippen LogP contribution in [0.25, 0.3) is 32.8 Å². The zero-order chi connectivity index (χ0) is 29.9. The molecule has 5 aromatic rings. The highest BCUT2D eigenvalue weighted by atomic mass is 16.5. The Hall–Kier alpha value is -4.43. The third kappa shape index (κ3) is 6.06. The molecule has 2 N–H and O–H groups in total. The number of nitrogens with two attached hydrogens (primary N) is 1. The van der Waals surface area contributed by atoms with Gasteiger partial charge in [0.25, 0.3) is 0 Å². The molecule has 0 atom stereocenters. The maximum absolute atomic E-state index is 12.3. The van der Waals surface area contributed by atoms with Crippen molar-refractivity contribution in [3.63, 3.8) is 0 Å². The number of aromatic nitrogens is 3. The van der Waals surface area contributed by atoms with Crippen LogP contribution in [0.5, 0.6) is 5.75 Å². The minimum absolute atomic E-state index is 0.167. The van der Waals surface area contributed by atoms with Gasteiger partial charge in [0, 0.05) is 35.6 Å². The molecule has 0 radical (unpaired) electrons. The number of anilines is 1. The lowest BCUT2D eigenvalue weighted by atomic mass is 9.97. The molecule has 0 amide bonds. The molecule has 6 rings (SSSR count). The lowest BCUT2D eigenvalue weighted by molar-refractivity contribution is -0.142. The van der Waals surface area contributed by atoms with E-state index in [0.29, 0.717) is 30.7 Å². The number of likely N-dealkylation sites (tertiary alicyclic amines) is 1. The van der Waals surface area contributed by atoms with E-state index < -0.39 is 0 Å². The highest BCUT2D eigenvalue weighted by molar-refractivity contribution is 6.02. The summed E-state index contributed by atoms with van der Waals surface area (Å²) in [5.41, 5.74) is 11.1. The van der Waals surface area contributed by atoms with Crippen LogP contribution in [-0.2, 0) is 22.6 Å². The fourth-order valence-electron chi connectivity index (χ4n) is 5.87. The van der Waals surface area contributed by atoms with Gasteiger partial charge in [0.2, 0.25) is 0 Å². The number of nitrogens with zero attached hydrogens (tertiary/aromatic N) is 4. The summed E-state index contributed by atoms with van der Waals surface area (Å²) < 4.78 is 13.8. The summed E-state index contributed by atoms with van der Waals surface area (Å²) in [5.74, 6) is 1.62. The Balaban J connectivity index is 1.36. The number of esters is 1. The first kappa shape index (κ1) is 28.7. The Kier molecular flexibility index (Phi) is 8.29. The van der Waals surface area contributed by atoms with E-state index in [1.54, 1.807) is 6.20 Å². The number of para-hydroxylation sites is 1. The van der Waals surface area contributed by atoms with Gasteiger partial charge in [-0.2, -0.15) is 5.10 Å². The molecule has 0 bridgehead atoms. The number of fused-ring (bicyclic) bond motifs is 2. The van der Waals surface area contributed by atoms with Crippen LogP contribution in [-0.4, -0.2) is 51.9 Å². The van der Waals surface area contributed by atoms with Crippen LogP contribution in [0.2, 0.25) is 0 Å². The molecule has 0 spiro atoms. The van der Waals surface area contributed by atoms with Gasteiger partial charge in [0.1, 0.15) is 18.2 Å². The average Bonchev–Trinajstić information content (AvgIpc) is 3.33. The Morgan fingerprint density at radius 2 is 1.86 bits per heavy atom. The van der Waals surface area contributed by atoms with E-state index in [1.165, 1.54) is 6.42 Å². The van der Waals surface area contributed by atoms with E-state index in [1.807, 2.05) is 49.4 Å². The van der Waals surface area contributed by atoms with Crippen molar-refractivity contribution in [2.45, 2.75) is 46.3 Å². The number of rotatable bonds is 11. The first-order valence-electron chi connectivity index (χ1n) is 15.1. The molecule has 1 fully saturated rings. The molecule has 222 valence electrons. The Labute approximate surface area is 252 Å². The Bertz CT molecular complexity index is 1760. The number of pyridine rings is 1. The van der Waals surface area contributed by atoms with E-state index in [0.717, 1.165) is 63.7 Å². The standard InChI is InChI=1S/C35H39N5O3/c1-4-42-34(41)19-25-8-5-6-11-33(25)43-22-32-30-18-24(27-9-7-10-29-28(27)14-16-37-35(29)36)12-13-31(30)38-40(32)26-20-39(21-26)17-15-23(2)3/h5-14,16,18,23,26H,4,15,17,19-22H2,1-3H3,(H2,36,37). The summed E-state index contributed by atoms with van der Waals surface area (Å²) in [6.45, 7) is 10.1. The summed E-state index contributed by atoms with van der Waals surface area (Å²) >= 11 is 0. The van der Waals surface area contributed by atoms with Crippen LogP contribution >= 0.6 is 0 Å². The average molecular weight is 578 g/mol. The van der Waals surface area contributed by atoms with Crippen molar-refractivity contribution in [2.75, 3.05) is 32.0 Å². The summed E-state index contributed by atoms with van der Waals surface area (Å²) in [6.07, 6.45) is 3.11. The predicted molar refractivity (Wildman–Crippen MR) is 171 cm³/mol. The monoisotopic (exact) mass is 577 g/mol. The van der Waals surface area contributed by atoms with Gasteiger partial charge in [-0.15, -0.1) is 0 Å². The third-order valence-electron chi connectivity index (χ3n) is 8.23. The maximum Gasteiger partial charge on any atom is 0.310 e. The van der Waals surface area contributed by atoms with Crippen molar-refractivity contribution in [3.05, 3.63) is 84.2 Å². The fraction of sp³-hybridized carbons (Fsp3) is 0.343. The third-order valence-corrected chi connectivity index (χ3v) is 8.23. The van der Waals surface area contributed by atoms with Crippen LogP contribution in [0.4, 0.5) is 5.82 Å². The van der Waals surface area contributed by atoms with Gasteiger partial charge >= 0.3 is 5.97 Å². The van der Waals surface area contributed by atoms with Crippen LogP contribution in [0.3, 0.4) is 0 Å². The molecule has 0 aliphatic carbocycles. The minimum Gasteiger partial charge on any atom is -0.487 e. The Morgan fingerprint density at radius 1 is 1.02 bits per heavy atom. The molecule has 3 heterocycles. The van der Waals surface area contributed by atoms with Crippen molar-refractivity contribution in [3.8, 4) is 16.9 Å². The van der Waals surface area contributed by atoms with Gasteiger partial charge in [-0.3, -0.25) is 14.4 Å². The summed E-state index contributed by atoms with van der Waals surface area (Å²) in [6, 6.07) is 22.5. The quantitative estimate of drug-likeness (QED) is 0.181. The van der Waals surface area contributed by atoms with E-state index >= 15 is 0 Å². The molecule has 0 unspecified atom stereocenters. The zero-order valence-electron chi connectivity index (χ0n) is 25.1. The van der Waals surface area contributed by atoms with Crippen molar-refractivity contribution < 1.29 is 14.3 Å². The maximum atomic E-state index is 12.3. The number of carbonyl (C=O) groups excluding carboxylic acids is 1. The van der Waals surface area contributed by atoms with E-state index in [9.17, 15) is 4.79 Å². The molecular formula is C35H39N5O3. The predicted octanol–water partition coefficient (Wildman–Crippen LogP) is 6.42. The lowest BCUT2D eigenvalue weighted by Gasteiger charge is -2.40. The SMILES string of the molecule is CCOC(=O)Cc1ccccc1OCc1c2cc(-c3cccc4c(N)nccc34)ccc2nn1C1CN(CCC(C)C)C1. The molecule has 8 nitrogen and oxygen atoms in total. The van der Waals surface area contributed by atoms with E-state index in [-0.39, 0.29) is 18.4 Å². The molecular weight excluding hydrogens is 538 g/mol. The Morgan fingerprint density at radius 3 is 2.67 bits per heavy atom. The summed E-state index contributed by atoms with van der Waals surface area (Å²) in [7, 11) is 0. The second kappa shape index (κ2) is 12.4. The smallest absolute Gasteiger partial charge is 0.310 e. The van der Waals surface area contributed by atoms with E-state index in [2.05, 4.69) is 52.7 Å². The number of benzene rings is 3. The molecule has 1 aliphatic rings. The topological polar surface area (TPSA) is 95.5 Å². The molecule has 1 aliphatic heterocycles. The summed E-state index contributed by atoms with van der Waals surface area (Å²) in [4.78, 5) is 19.0. The van der Waals surface area contributed by atoms with Gasteiger partial charge in [-0.25, -0.2) is 4.98 Å². The van der Waals surface area contributed by atoms with Gasteiger partial charge in [0.05, 0.1) is 30.3 Å². The molecule has 1 saturated heterocycles. The number of hydrogen-bond acceptors (Lipinski definition) is 7. The summed E-state index contributed by atoms with van der Waals surface area (Å²) in [5, 5.41) is 8.15. The number of hydrogen-bond donors (Lipinski definition) is 1. The van der Waals surface area contributed by atoms with Gasteiger partial charge in [0.15, 0.2) is 0 Å². The second-order valence-electron chi connectivity index (χ2n) is 11.7. The van der Waals surface area contributed by atoms with Gasteiger partial charge < -0.3 is 15.2 Å². The number of nitrogen functional groups attached to an aromatic ring is 1. The highest BCUT2D eigenvalue weighted by Gasteiger charge is 2.31. The van der Waals surface area contributed by atoms with Crippen LogP contribution in [0, 0.1) is 5.92 Å². The first-order valence-corrected chi connectivity index (χ1v) is 15.1. The molecule has 2 aromatic heterocycles. The molecule has 43 heavy (non-hydrogen) atoms. The van der Waals surface area contributed by atoms with Crippen molar-refractivity contribution in [1.82, 2.24) is 19.7 Å². The highest BCUT2D eigenvalue weighted by Crippen LogP contribution is 2.35. The van der Waals surface area contributed by atoms with Gasteiger partial charge in [-0.1, -0.05) is 56.3 Å². The molecule has 3 aromatic carbocycles. The second-order valence-corrected chi connectivity index (χ2v) is 11.7. The van der Waals surface area contributed by atoms with Crippen LogP contribution in [0.1, 0.15) is 44.5 Å². The van der Waals surface area contributed by atoms with Crippen molar-refractivity contribution in [1.29, 1.82) is 0 Å². The number of carbonyl (C=O) groups is 1. The van der Waals surface area contributed by atoms with Gasteiger partial charge in [-0.05, 0) is 66.6 Å². The van der Waals surface area contributed by atoms with E-state index in [4.69, 9.17) is 20.3 Å². The normalized spacial score (nSPS) is 14.0. The van der Waals surface area contributed by atoms with Crippen LogP contribution < -0.4 is 10.5 Å². The lowest BCUT2D eigenvalue weighted by Crippen LogP contribution is -2.48. The molecule has 8 heteroatoms. The molecule has 0 saturated carbocycles. The minimum atomic E-state index is -0.263. The van der Waals surface area contributed by atoms with Crippen molar-refractivity contribution in [2.24, 2.45) is 5.92 Å². The van der Waals surface area contributed by atoms with Crippen LogP contribution in [0.15, 0.2) is 72.9 Å². The first-order chi connectivity index (χ1) is 20.9. The zero-order valence-corrected chi connectivity index (χ0v) is 25.1. The van der Waals surface area contributed by atoms with Crippen molar-refractivity contribution >= 4 is 33.5 Å².